The standard InChI is InChI=1S/C24H26N2O3/c1-28-21-12-8-19(9-13-21)24(26-17-16-23(25)27,18-6-4-3-5-7-18)20-10-14-22(29-2)15-11-20/h3-15,26H,16-17H2,1-2H3,(H2,25,27). The molecule has 0 saturated heterocycles. The number of rotatable bonds is 9. The number of hydrogen-bond acceptors (Lipinski definition) is 4. The molecule has 29 heavy (non-hydrogen) atoms. The van der Waals surface area contributed by atoms with Gasteiger partial charge in [-0.05, 0) is 41.0 Å². The normalized spacial score (nSPS) is 11.1. The summed E-state index contributed by atoms with van der Waals surface area (Å²) in [5, 5.41) is 3.61. The molecule has 0 bridgehead atoms. The van der Waals surface area contributed by atoms with Gasteiger partial charge in [-0.2, -0.15) is 0 Å². The van der Waals surface area contributed by atoms with Crippen LogP contribution >= 0.6 is 0 Å². The van der Waals surface area contributed by atoms with Crippen LogP contribution in [0.15, 0.2) is 78.9 Å². The zero-order valence-electron chi connectivity index (χ0n) is 16.7. The lowest BCUT2D eigenvalue weighted by molar-refractivity contribution is -0.117. The number of carbonyl (C=O) groups excluding carboxylic acids is 1. The van der Waals surface area contributed by atoms with Gasteiger partial charge in [-0.1, -0.05) is 54.6 Å². The van der Waals surface area contributed by atoms with Crippen molar-refractivity contribution in [1.82, 2.24) is 5.32 Å². The van der Waals surface area contributed by atoms with Crippen molar-refractivity contribution in [2.75, 3.05) is 20.8 Å². The number of nitrogens with one attached hydrogen (secondary N) is 1. The van der Waals surface area contributed by atoms with Gasteiger partial charge in [0.1, 0.15) is 11.5 Å². The van der Waals surface area contributed by atoms with Crippen LogP contribution in [0.25, 0.3) is 0 Å². The minimum absolute atomic E-state index is 0.237. The minimum atomic E-state index is -0.671. The zero-order valence-corrected chi connectivity index (χ0v) is 16.7. The van der Waals surface area contributed by atoms with Crippen LogP contribution in [0.3, 0.4) is 0 Å². The van der Waals surface area contributed by atoms with Crippen LogP contribution in [0.5, 0.6) is 11.5 Å². The van der Waals surface area contributed by atoms with E-state index in [2.05, 4.69) is 17.4 Å². The van der Waals surface area contributed by atoms with E-state index in [0.29, 0.717) is 6.54 Å². The number of primary amides is 1. The Hall–Kier alpha value is -3.31. The van der Waals surface area contributed by atoms with Crippen LogP contribution in [0.2, 0.25) is 0 Å². The van der Waals surface area contributed by atoms with Crippen LogP contribution in [-0.4, -0.2) is 26.7 Å². The minimum Gasteiger partial charge on any atom is -0.497 e. The number of amides is 1. The highest BCUT2D eigenvalue weighted by Crippen LogP contribution is 2.38. The van der Waals surface area contributed by atoms with Crippen molar-refractivity contribution in [2.24, 2.45) is 5.73 Å². The van der Waals surface area contributed by atoms with E-state index in [9.17, 15) is 4.79 Å². The van der Waals surface area contributed by atoms with E-state index in [4.69, 9.17) is 15.2 Å². The van der Waals surface area contributed by atoms with Crippen molar-refractivity contribution in [3.63, 3.8) is 0 Å². The fraction of sp³-hybridized carbons (Fsp3) is 0.208. The van der Waals surface area contributed by atoms with Gasteiger partial charge in [-0.25, -0.2) is 0 Å². The smallest absolute Gasteiger partial charge is 0.218 e. The summed E-state index contributed by atoms with van der Waals surface area (Å²) in [6, 6.07) is 26.0. The van der Waals surface area contributed by atoms with E-state index >= 15 is 0 Å². The molecule has 0 aliphatic rings. The Balaban J connectivity index is 2.19. The first-order valence-corrected chi connectivity index (χ1v) is 9.48. The molecule has 0 aliphatic carbocycles. The molecule has 1 amide bonds. The maximum Gasteiger partial charge on any atom is 0.218 e. The first-order chi connectivity index (χ1) is 14.1. The van der Waals surface area contributed by atoms with Crippen molar-refractivity contribution in [2.45, 2.75) is 12.0 Å². The Bertz CT molecular complexity index is 875. The quantitative estimate of drug-likeness (QED) is 0.549. The number of nitrogens with two attached hydrogens (primary N) is 1. The van der Waals surface area contributed by atoms with Crippen molar-refractivity contribution >= 4 is 5.91 Å². The number of methoxy groups -OCH3 is 2. The third-order valence-electron chi connectivity index (χ3n) is 5.01. The second-order valence-corrected chi connectivity index (χ2v) is 6.72. The molecule has 0 heterocycles. The second kappa shape index (κ2) is 9.26. The topological polar surface area (TPSA) is 73.6 Å². The summed E-state index contributed by atoms with van der Waals surface area (Å²) >= 11 is 0. The highest BCUT2D eigenvalue weighted by molar-refractivity contribution is 5.74. The maximum absolute atomic E-state index is 11.4. The summed E-state index contributed by atoms with van der Waals surface area (Å²) in [6.07, 6.45) is 0.237. The molecule has 0 atom stereocenters. The predicted molar refractivity (Wildman–Crippen MR) is 114 cm³/mol. The molecule has 3 aromatic rings. The maximum atomic E-state index is 11.4. The van der Waals surface area contributed by atoms with E-state index in [-0.39, 0.29) is 12.3 Å². The Labute approximate surface area is 171 Å². The van der Waals surface area contributed by atoms with Crippen molar-refractivity contribution in [3.8, 4) is 11.5 Å². The molecule has 0 radical (unpaired) electrons. The van der Waals surface area contributed by atoms with Gasteiger partial charge in [0.15, 0.2) is 0 Å². The van der Waals surface area contributed by atoms with Crippen LogP contribution in [0.4, 0.5) is 0 Å². The van der Waals surface area contributed by atoms with Crippen LogP contribution < -0.4 is 20.5 Å². The van der Waals surface area contributed by atoms with E-state index in [0.717, 1.165) is 28.2 Å². The predicted octanol–water partition coefficient (Wildman–Crippen LogP) is 3.46. The van der Waals surface area contributed by atoms with E-state index in [1.807, 2.05) is 66.7 Å². The molecule has 5 heteroatoms. The summed E-state index contributed by atoms with van der Waals surface area (Å²) in [4.78, 5) is 11.4. The molecular weight excluding hydrogens is 364 g/mol. The van der Waals surface area contributed by atoms with Gasteiger partial charge in [-0.3, -0.25) is 10.1 Å². The van der Waals surface area contributed by atoms with Crippen molar-refractivity contribution < 1.29 is 14.3 Å². The number of hydrogen-bond donors (Lipinski definition) is 2. The SMILES string of the molecule is COc1ccc(C(NCCC(N)=O)(c2ccccc2)c2ccc(OC)cc2)cc1. The van der Waals surface area contributed by atoms with Crippen molar-refractivity contribution in [3.05, 3.63) is 95.6 Å². The summed E-state index contributed by atoms with van der Waals surface area (Å²) in [6.45, 7) is 0.433. The summed E-state index contributed by atoms with van der Waals surface area (Å²) in [5.41, 5.74) is 7.84. The highest BCUT2D eigenvalue weighted by Gasteiger charge is 2.36. The molecule has 3 N–H and O–H groups in total. The molecule has 0 saturated carbocycles. The fourth-order valence-electron chi connectivity index (χ4n) is 3.55. The molecule has 3 aromatic carbocycles. The van der Waals surface area contributed by atoms with Gasteiger partial charge in [0, 0.05) is 13.0 Å². The average molecular weight is 390 g/mol. The van der Waals surface area contributed by atoms with E-state index in [1.165, 1.54) is 0 Å². The Morgan fingerprint density at radius 1 is 0.793 bits per heavy atom. The second-order valence-electron chi connectivity index (χ2n) is 6.72. The van der Waals surface area contributed by atoms with Gasteiger partial charge in [0.2, 0.25) is 5.91 Å². The van der Waals surface area contributed by atoms with E-state index in [1.54, 1.807) is 14.2 Å². The van der Waals surface area contributed by atoms with Gasteiger partial charge in [-0.15, -0.1) is 0 Å². The highest BCUT2D eigenvalue weighted by atomic mass is 16.5. The molecular formula is C24H26N2O3. The number of carbonyl (C=O) groups is 1. The molecule has 0 fully saturated rings. The van der Waals surface area contributed by atoms with E-state index < -0.39 is 5.54 Å². The molecule has 150 valence electrons. The molecule has 0 unspecified atom stereocenters. The molecule has 0 spiro atoms. The number of ether oxygens (including phenoxy) is 2. The molecule has 3 rings (SSSR count). The van der Waals surface area contributed by atoms with Gasteiger partial charge in [0.25, 0.3) is 0 Å². The summed E-state index contributed by atoms with van der Waals surface area (Å²) in [7, 11) is 3.29. The zero-order chi connectivity index (χ0) is 20.7. The fourth-order valence-corrected chi connectivity index (χ4v) is 3.55. The Kier molecular flexibility index (Phi) is 6.52. The third-order valence-corrected chi connectivity index (χ3v) is 5.01. The van der Waals surface area contributed by atoms with Crippen LogP contribution in [-0.2, 0) is 10.3 Å². The van der Waals surface area contributed by atoms with Gasteiger partial charge in [0.05, 0.1) is 19.8 Å². The average Bonchev–Trinajstić information content (AvgIpc) is 2.77. The van der Waals surface area contributed by atoms with Gasteiger partial charge < -0.3 is 15.2 Å². The first-order valence-electron chi connectivity index (χ1n) is 9.48. The first kappa shape index (κ1) is 20.4. The molecule has 0 aromatic heterocycles. The van der Waals surface area contributed by atoms with Crippen molar-refractivity contribution in [1.29, 1.82) is 0 Å². The monoisotopic (exact) mass is 390 g/mol. The lowest BCUT2D eigenvalue weighted by Crippen LogP contribution is -2.45. The Morgan fingerprint density at radius 3 is 1.66 bits per heavy atom. The Morgan fingerprint density at radius 2 is 1.24 bits per heavy atom. The third kappa shape index (κ3) is 4.41. The van der Waals surface area contributed by atoms with Crippen LogP contribution in [0.1, 0.15) is 23.1 Å². The summed E-state index contributed by atoms with van der Waals surface area (Å²) < 4.78 is 10.7. The van der Waals surface area contributed by atoms with Crippen LogP contribution in [0, 0.1) is 0 Å². The molecule has 5 nitrogen and oxygen atoms in total. The lowest BCUT2D eigenvalue weighted by Gasteiger charge is -2.37. The summed E-state index contributed by atoms with van der Waals surface area (Å²) in [5.74, 6) is 1.22. The lowest BCUT2D eigenvalue weighted by atomic mass is 9.77. The largest absolute Gasteiger partial charge is 0.497 e. The molecule has 0 aliphatic heterocycles. The van der Waals surface area contributed by atoms with Gasteiger partial charge >= 0.3 is 0 Å². The number of benzene rings is 3.